The number of hydrogen-bond donors (Lipinski definition) is 0. The van der Waals surface area contributed by atoms with E-state index in [2.05, 4.69) is 19.0 Å². The van der Waals surface area contributed by atoms with Crippen LogP contribution in [0.2, 0.25) is 5.02 Å². The quantitative estimate of drug-likeness (QED) is 0.763. The Morgan fingerprint density at radius 3 is 2.47 bits per heavy atom. The lowest BCUT2D eigenvalue weighted by atomic mass is 10.0. The molecule has 0 atom stereocenters. The zero-order chi connectivity index (χ0) is 10.8. The minimum absolute atomic E-state index is 0.356. The van der Waals surface area contributed by atoms with Gasteiger partial charge in [-0.1, -0.05) is 42.7 Å². The Balaban J connectivity index is 2.45. The predicted octanol–water partition coefficient (Wildman–Crippen LogP) is 4.12. The van der Waals surface area contributed by atoms with E-state index in [9.17, 15) is 0 Å². The molecule has 2 aromatic rings. The van der Waals surface area contributed by atoms with E-state index in [-0.39, 0.29) is 0 Å². The van der Waals surface area contributed by atoms with E-state index in [1.165, 1.54) is 0 Å². The van der Waals surface area contributed by atoms with Crippen LogP contribution in [0.3, 0.4) is 0 Å². The molecular formula is C12H12ClNO. The van der Waals surface area contributed by atoms with Crippen molar-refractivity contribution in [3.63, 3.8) is 0 Å². The van der Waals surface area contributed by atoms with Crippen molar-refractivity contribution in [2.45, 2.75) is 19.8 Å². The Hall–Kier alpha value is -1.28. The lowest BCUT2D eigenvalue weighted by Gasteiger charge is -2.03. The maximum absolute atomic E-state index is 5.84. The molecule has 0 saturated carbocycles. The minimum Gasteiger partial charge on any atom is -0.364 e. The molecule has 1 aromatic heterocycles. The number of hydrogen-bond acceptors (Lipinski definition) is 2. The van der Waals surface area contributed by atoms with Gasteiger partial charge in [0.25, 0.3) is 0 Å². The fourth-order valence-corrected chi connectivity index (χ4v) is 1.63. The monoisotopic (exact) mass is 221 g/mol. The summed E-state index contributed by atoms with van der Waals surface area (Å²) < 4.78 is 5.01. The highest BCUT2D eigenvalue weighted by molar-refractivity contribution is 6.30. The molecule has 0 aliphatic heterocycles. The summed E-state index contributed by atoms with van der Waals surface area (Å²) in [5.74, 6) is 0.356. The molecule has 1 aromatic carbocycles. The summed E-state index contributed by atoms with van der Waals surface area (Å²) in [6.07, 6.45) is 1.68. The fourth-order valence-electron chi connectivity index (χ4n) is 1.51. The van der Waals surface area contributed by atoms with Gasteiger partial charge in [-0.15, -0.1) is 0 Å². The van der Waals surface area contributed by atoms with E-state index in [0.717, 1.165) is 21.8 Å². The third kappa shape index (κ3) is 2.05. The predicted molar refractivity (Wildman–Crippen MR) is 61.0 cm³/mol. The molecule has 0 radical (unpaired) electrons. The molecule has 3 heteroatoms. The molecule has 2 nitrogen and oxygen atoms in total. The van der Waals surface area contributed by atoms with Crippen LogP contribution in [0.25, 0.3) is 11.1 Å². The van der Waals surface area contributed by atoms with Crippen molar-refractivity contribution >= 4 is 11.6 Å². The van der Waals surface area contributed by atoms with Gasteiger partial charge in [0.1, 0.15) is 6.26 Å². The van der Waals surface area contributed by atoms with Crippen molar-refractivity contribution in [3.8, 4) is 11.1 Å². The first-order chi connectivity index (χ1) is 7.18. The molecule has 1 heterocycles. The fraction of sp³-hybridized carbons (Fsp3) is 0.250. The Labute approximate surface area is 93.9 Å². The van der Waals surface area contributed by atoms with Crippen molar-refractivity contribution < 1.29 is 4.52 Å². The van der Waals surface area contributed by atoms with Gasteiger partial charge in [-0.2, -0.15) is 0 Å². The van der Waals surface area contributed by atoms with Gasteiger partial charge in [0.05, 0.1) is 5.69 Å². The number of aromatic nitrogens is 1. The van der Waals surface area contributed by atoms with Gasteiger partial charge < -0.3 is 4.52 Å². The first kappa shape index (κ1) is 10.2. The maximum Gasteiger partial charge on any atom is 0.131 e. The number of halogens is 1. The van der Waals surface area contributed by atoms with Gasteiger partial charge in [-0.05, 0) is 23.6 Å². The second-order valence-electron chi connectivity index (χ2n) is 3.78. The molecule has 0 fully saturated rings. The molecule has 0 aliphatic rings. The van der Waals surface area contributed by atoms with E-state index in [4.69, 9.17) is 16.1 Å². The van der Waals surface area contributed by atoms with E-state index >= 15 is 0 Å². The van der Waals surface area contributed by atoms with Crippen LogP contribution >= 0.6 is 11.6 Å². The smallest absolute Gasteiger partial charge is 0.131 e. The minimum atomic E-state index is 0.356. The van der Waals surface area contributed by atoms with Crippen LogP contribution in [0.5, 0.6) is 0 Å². The number of benzene rings is 1. The zero-order valence-electron chi connectivity index (χ0n) is 8.70. The molecule has 0 spiro atoms. The van der Waals surface area contributed by atoms with Gasteiger partial charge in [-0.25, -0.2) is 0 Å². The van der Waals surface area contributed by atoms with Crippen LogP contribution in [0.15, 0.2) is 35.1 Å². The molecule has 0 N–H and O–H groups in total. The van der Waals surface area contributed by atoms with E-state index in [1.807, 2.05) is 24.3 Å². The summed E-state index contributed by atoms with van der Waals surface area (Å²) in [6.45, 7) is 4.19. The topological polar surface area (TPSA) is 26.0 Å². The van der Waals surface area contributed by atoms with Gasteiger partial charge in [0.15, 0.2) is 0 Å². The van der Waals surface area contributed by atoms with E-state index in [1.54, 1.807) is 6.26 Å². The van der Waals surface area contributed by atoms with Gasteiger partial charge in [0, 0.05) is 10.6 Å². The Kier molecular flexibility index (Phi) is 2.78. The molecular weight excluding hydrogens is 210 g/mol. The lowest BCUT2D eigenvalue weighted by molar-refractivity contribution is 0.408. The van der Waals surface area contributed by atoms with Crippen LogP contribution in [-0.2, 0) is 0 Å². The Bertz CT molecular complexity index is 445. The highest BCUT2D eigenvalue weighted by Gasteiger charge is 2.12. The summed E-state index contributed by atoms with van der Waals surface area (Å²) in [4.78, 5) is 0. The molecule has 0 unspecified atom stereocenters. The first-order valence-electron chi connectivity index (χ1n) is 4.88. The normalized spacial score (nSPS) is 10.9. The molecule has 0 bridgehead atoms. The largest absolute Gasteiger partial charge is 0.364 e. The van der Waals surface area contributed by atoms with Gasteiger partial charge in [-0.3, -0.25) is 0 Å². The maximum atomic E-state index is 5.84. The Morgan fingerprint density at radius 1 is 1.20 bits per heavy atom. The van der Waals surface area contributed by atoms with Crippen LogP contribution in [0.4, 0.5) is 0 Å². The van der Waals surface area contributed by atoms with E-state index < -0.39 is 0 Å². The average molecular weight is 222 g/mol. The van der Waals surface area contributed by atoms with Crippen LogP contribution in [-0.4, -0.2) is 5.16 Å². The third-order valence-corrected chi connectivity index (χ3v) is 2.55. The molecule has 0 aliphatic carbocycles. The zero-order valence-corrected chi connectivity index (χ0v) is 9.45. The molecule has 15 heavy (non-hydrogen) atoms. The summed E-state index contributed by atoms with van der Waals surface area (Å²) in [6, 6.07) is 7.68. The van der Waals surface area contributed by atoms with E-state index in [0.29, 0.717) is 5.92 Å². The molecule has 2 rings (SSSR count). The highest BCUT2D eigenvalue weighted by atomic mass is 35.5. The number of nitrogens with zero attached hydrogens (tertiary/aromatic N) is 1. The summed E-state index contributed by atoms with van der Waals surface area (Å²) in [5.41, 5.74) is 3.11. The van der Waals surface area contributed by atoms with Crippen molar-refractivity contribution in [2.24, 2.45) is 0 Å². The first-order valence-corrected chi connectivity index (χ1v) is 5.26. The average Bonchev–Trinajstić information content (AvgIpc) is 2.67. The lowest BCUT2D eigenvalue weighted by Crippen LogP contribution is -1.90. The molecule has 78 valence electrons. The SMILES string of the molecule is CC(C)c1nocc1-c1ccc(Cl)cc1. The van der Waals surface area contributed by atoms with Crippen molar-refractivity contribution in [1.82, 2.24) is 5.16 Å². The van der Waals surface area contributed by atoms with Crippen molar-refractivity contribution in [3.05, 3.63) is 41.2 Å². The molecule has 0 saturated heterocycles. The van der Waals surface area contributed by atoms with Crippen LogP contribution in [0, 0.1) is 0 Å². The van der Waals surface area contributed by atoms with Crippen LogP contribution < -0.4 is 0 Å². The van der Waals surface area contributed by atoms with Crippen LogP contribution in [0.1, 0.15) is 25.5 Å². The number of rotatable bonds is 2. The van der Waals surface area contributed by atoms with Gasteiger partial charge in [0.2, 0.25) is 0 Å². The third-order valence-electron chi connectivity index (χ3n) is 2.30. The standard InChI is InChI=1S/C12H12ClNO/c1-8(2)12-11(7-15-14-12)9-3-5-10(13)6-4-9/h3-8H,1-2H3. The Morgan fingerprint density at radius 2 is 1.87 bits per heavy atom. The second kappa shape index (κ2) is 4.07. The van der Waals surface area contributed by atoms with Crippen molar-refractivity contribution in [1.29, 1.82) is 0 Å². The molecule has 0 amide bonds. The van der Waals surface area contributed by atoms with Crippen molar-refractivity contribution in [2.75, 3.05) is 0 Å². The highest BCUT2D eigenvalue weighted by Crippen LogP contribution is 2.28. The summed E-state index contributed by atoms with van der Waals surface area (Å²) in [5, 5.41) is 4.74. The summed E-state index contributed by atoms with van der Waals surface area (Å²) >= 11 is 5.84. The second-order valence-corrected chi connectivity index (χ2v) is 4.21. The summed E-state index contributed by atoms with van der Waals surface area (Å²) in [7, 11) is 0. The van der Waals surface area contributed by atoms with Gasteiger partial charge >= 0.3 is 0 Å².